The number of benzene rings is 2. The summed E-state index contributed by atoms with van der Waals surface area (Å²) in [7, 11) is 0. The van der Waals surface area contributed by atoms with E-state index in [1.165, 1.54) is 33.5 Å². The molecule has 2 aromatic heterocycles. The Hall–Kier alpha value is -3.67. The van der Waals surface area contributed by atoms with Crippen LogP contribution in [0, 0.1) is 0 Å². The number of nitrogens with zero attached hydrogens (tertiary/aromatic N) is 3. The molecule has 2 aliphatic carbocycles. The van der Waals surface area contributed by atoms with Crippen LogP contribution >= 0.6 is 0 Å². The van der Waals surface area contributed by atoms with Crippen molar-refractivity contribution in [3.05, 3.63) is 82.0 Å². The molecule has 6 rings (SSSR count). The summed E-state index contributed by atoms with van der Waals surface area (Å²) in [5.41, 5.74) is 19.0. The fourth-order valence-electron chi connectivity index (χ4n) is 4.72. The van der Waals surface area contributed by atoms with Crippen molar-refractivity contribution in [1.82, 2.24) is 15.0 Å². The van der Waals surface area contributed by atoms with Crippen molar-refractivity contribution in [2.45, 2.75) is 32.1 Å². The Kier molecular flexibility index (Phi) is 3.84. The highest BCUT2D eigenvalue weighted by Crippen LogP contribution is 2.35. The van der Waals surface area contributed by atoms with Crippen LogP contribution in [0.5, 0.6) is 0 Å². The topological polar surface area (TPSA) is 92.0 Å². The Balaban J connectivity index is 1.37. The molecule has 0 fully saturated rings. The molecular formula is C24H22N6. The number of H-pyrrole nitrogens is 1. The van der Waals surface area contributed by atoms with E-state index in [1.54, 1.807) is 0 Å². The number of nitrogen functional groups attached to an aromatic ring is 1. The molecule has 0 saturated heterocycles. The van der Waals surface area contributed by atoms with Gasteiger partial charge in [0, 0.05) is 30.7 Å². The first-order chi connectivity index (χ1) is 14.7. The van der Waals surface area contributed by atoms with Gasteiger partial charge >= 0.3 is 0 Å². The van der Waals surface area contributed by atoms with Crippen LogP contribution in [0.25, 0.3) is 11.0 Å². The average molecular weight is 394 g/mol. The Morgan fingerprint density at radius 3 is 2.33 bits per heavy atom. The zero-order valence-electron chi connectivity index (χ0n) is 16.6. The molecule has 2 aromatic carbocycles. The minimum atomic E-state index is 0.246. The predicted molar refractivity (Wildman–Crippen MR) is 120 cm³/mol. The number of rotatable bonds is 2. The molecule has 0 unspecified atom stereocenters. The second-order valence-corrected chi connectivity index (χ2v) is 8.09. The first kappa shape index (κ1) is 17.2. The fourth-order valence-corrected chi connectivity index (χ4v) is 4.72. The highest BCUT2D eigenvalue weighted by Gasteiger charge is 2.23. The van der Waals surface area contributed by atoms with E-state index < -0.39 is 0 Å². The number of aryl methyl sites for hydroxylation is 1. The molecule has 4 N–H and O–H groups in total. The third-order valence-electron chi connectivity index (χ3n) is 6.23. The lowest BCUT2D eigenvalue weighted by molar-refractivity contribution is 0.940. The van der Waals surface area contributed by atoms with Gasteiger partial charge in [0.2, 0.25) is 5.95 Å². The summed E-state index contributed by atoms with van der Waals surface area (Å²) in [5.74, 6) is 0.927. The molecule has 0 amide bonds. The van der Waals surface area contributed by atoms with Gasteiger partial charge in [-0.05, 0) is 40.7 Å². The summed E-state index contributed by atoms with van der Waals surface area (Å²) in [6.45, 7) is 0. The maximum atomic E-state index is 6.01. The lowest BCUT2D eigenvalue weighted by atomic mass is 9.89. The van der Waals surface area contributed by atoms with Crippen molar-refractivity contribution in [1.29, 1.82) is 0 Å². The van der Waals surface area contributed by atoms with E-state index in [0.717, 1.165) is 48.8 Å². The van der Waals surface area contributed by atoms with Crippen LogP contribution in [-0.4, -0.2) is 20.7 Å². The third kappa shape index (κ3) is 2.84. The van der Waals surface area contributed by atoms with Crippen LogP contribution in [0.15, 0.2) is 53.6 Å². The number of hydrogen-bond acceptors (Lipinski definition) is 5. The molecule has 0 radical (unpaired) electrons. The molecule has 6 nitrogen and oxygen atoms in total. The highest BCUT2D eigenvalue weighted by molar-refractivity contribution is 5.94. The molecule has 2 aliphatic rings. The largest absolute Gasteiger partial charge is 0.368 e. The van der Waals surface area contributed by atoms with Gasteiger partial charge in [-0.25, -0.2) is 0 Å². The molecule has 0 bridgehead atoms. The number of hydrazone groups is 1. The number of aromatic nitrogens is 3. The number of anilines is 2. The Bertz CT molecular complexity index is 1320. The molecule has 0 atom stereocenters. The lowest BCUT2D eigenvalue weighted by Gasteiger charge is -2.18. The molecule has 0 saturated carbocycles. The van der Waals surface area contributed by atoms with Gasteiger partial charge in [-0.15, -0.1) is 0 Å². The van der Waals surface area contributed by atoms with Crippen LogP contribution in [0.3, 0.4) is 0 Å². The zero-order chi connectivity index (χ0) is 20.1. The minimum Gasteiger partial charge on any atom is -0.368 e. The van der Waals surface area contributed by atoms with Crippen molar-refractivity contribution in [2.24, 2.45) is 5.10 Å². The highest BCUT2D eigenvalue weighted by atomic mass is 15.3. The molecule has 2 heterocycles. The zero-order valence-corrected chi connectivity index (χ0v) is 16.6. The van der Waals surface area contributed by atoms with Gasteiger partial charge in [-0.2, -0.15) is 15.1 Å². The van der Waals surface area contributed by atoms with Crippen LogP contribution in [-0.2, 0) is 25.7 Å². The summed E-state index contributed by atoms with van der Waals surface area (Å²) in [5, 5.41) is 5.72. The van der Waals surface area contributed by atoms with E-state index in [9.17, 15) is 0 Å². The van der Waals surface area contributed by atoms with Crippen LogP contribution in [0.4, 0.5) is 11.8 Å². The maximum Gasteiger partial charge on any atom is 0.224 e. The standard InChI is InChI=1S/C24H22N6/c25-24-27-22-21(19-12-16-7-3-4-8-17(16)13-20(19)26-22)23(28-24)30-29-18-10-9-14-5-1-2-6-15(14)11-18/h1-8H,9-13H2,(H4,25,26,27,28,30). The van der Waals surface area contributed by atoms with E-state index in [4.69, 9.17) is 10.8 Å². The van der Waals surface area contributed by atoms with Crippen molar-refractivity contribution < 1.29 is 0 Å². The number of hydrogen-bond donors (Lipinski definition) is 3. The van der Waals surface area contributed by atoms with Gasteiger partial charge in [0.1, 0.15) is 5.65 Å². The van der Waals surface area contributed by atoms with Gasteiger partial charge in [-0.3, -0.25) is 5.43 Å². The Labute approximate surface area is 174 Å². The SMILES string of the molecule is Nc1nc(NN=C2CCc3ccccc3C2)c2c3c([nH]c2n1)Cc1ccccc1C3. The van der Waals surface area contributed by atoms with E-state index in [-0.39, 0.29) is 5.95 Å². The quantitative estimate of drug-likeness (QED) is 0.395. The molecule has 30 heavy (non-hydrogen) atoms. The second-order valence-electron chi connectivity index (χ2n) is 8.09. The lowest BCUT2D eigenvalue weighted by Crippen LogP contribution is -2.15. The van der Waals surface area contributed by atoms with Gasteiger partial charge in [0.05, 0.1) is 5.39 Å². The van der Waals surface area contributed by atoms with Crippen LogP contribution in [0.1, 0.15) is 39.9 Å². The van der Waals surface area contributed by atoms with E-state index >= 15 is 0 Å². The average Bonchev–Trinajstić information content (AvgIpc) is 3.12. The predicted octanol–water partition coefficient (Wildman–Crippen LogP) is 3.99. The van der Waals surface area contributed by atoms with Gasteiger partial charge in [-0.1, -0.05) is 48.5 Å². The van der Waals surface area contributed by atoms with Gasteiger partial charge in [0.15, 0.2) is 5.82 Å². The van der Waals surface area contributed by atoms with Gasteiger partial charge < -0.3 is 10.7 Å². The molecule has 6 heteroatoms. The van der Waals surface area contributed by atoms with Gasteiger partial charge in [0.25, 0.3) is 0 Å². The molecule has 4 aromatic rings. The first-order valence-corrected chi connectivity index (χ1v) is 10.4. The number of nitrogens with one attached hydrogen (secondary N) is 2. The van der Waals surface area contributed by atoms with Crippen molar-refractivity contribution in [3.8, 4) is 0 Å². The number of nitrogens with two attached hydrogens (primary N) is 1. The third-order valence-corrected chi connectivity index (χ3v) is 6.23. The van der Waals surface area contributed by atoms with Crippen molar-refractivity contribution in [2.75, 3.05) is 11.2 Å². The normalized spacial score (nSPS) is 16.2. The summed E-state index contributed by atoms with van der Waals surface area (Å²) in [4.78, 5) is 12.4. The summed E-state index contributed by atoms with van der Waals surface area (Å²) >= 11 is 0. The molecule has 0 aliphatic heterocycles. The Morgan fingerprint density at radius 2 is 1.53 bits per heavy atom. The monoisotopic (exact) mass is 394 g/mol. The van der Waals surface area contributed by atoms with Crippen molar-refractivity contribution >= 4 is 28.5 Å². The van der Waals surface area contributed by atoms with Crippen LogP contribution in [0.2, 0.25) is 0 Å². The summed E-state index contributed by atoms with van der Waals surface area (Å²) in [6, 6.07) is 17.2. The molecule has 0 spiro atoms. The number of fused-ring (bicyclic) bond motifs is 5. The summed E-state index contributed by atoms with van der Waals surface area (Å²) in [6.07, 6.45) is 4.57. The Morgan fingerprint density at radius 1 is 0.833 bits per heavy atom. The van der Waals surface area contributed by atoms with E-state index in [2.05, 4.69) is 68.9 Å². The fraction of sp³-hybridized carbons (Fsp3) is 0.208. The van der Waals surface area contributed by atoms with E-state index in [1.807, 2.05) is 0 Å². The van der Waals surface area contributed by atoms with Crippen molar-refractivity contribution in [3.63, 3.8) is 0 Å². The second kappa shape index (κ2) is 6.69. The van der Waals surface area contributed by atoms with E-state index in [0.29, 0.717) is 5.82 Å². The smallest absolute Gasteiger partial charge is 0.224 e. The minimum absolute atomic E-state index is 0.246. The summed E-state index contributed by atoms with van der Waals surface area (Å²) < 4.78 is 0. The molecular weight excluding hydrogens is 372 g/mol. The maximum absolute atomic E-state index is 6.01. The number of aromatic amines is 1. The van der Waals surface area contributed by atoms with Crippen LogP contribution < -0.4 is 11.2 Å². The molecule has 148 valence electrons. The first-order valence-electron chi connectivity index (χ1n) is 10.4.